The van der Waals surface area contributed by atoms with Crippen LogP contribution in [-0.2, 0) is 0 Å². The lowest BCUT2D eigenvalue weighted by Crippen LogP contribution is -2.65. The van der Waals surface area contributed by atoms with Gasteiger partial charge in [-0.25, -0.2) is 20.0 Å². The van der Waals surface area contributed by atoms with Crippen LogP contribution in [-0.4, -0.2) is 109 Å². The van der Waals surface area contributed by atoms with Crippen molar-refractivity contribution in [1.29, 1.82) is 0 Å². The molecule has 2 saturated heterocycles. The first-order chi connectivity index (χ1) is 21.0. The molecular formula is C28H40ClN11O4. The van der Waals surface area contributed by atoms with Crippen LogP contribution in [0.15, 0.2) is 40.3 Å². The zero-order valence-corrected chi connectivity index (χ0v) is 25.4. The second kappa shape index (κ2) is 13.4. The Hall–Kier alpha value is -3.86. The quantitative estimate of drug-likeness (QED) is 0.221. The number of ether oxygens (including phenoxy) is 2. The van der Waals surface area contributed by atoms with E-state index in [4.69, 9.17) is 49.0 Å². The molecule has 16 heteroatoms. The summed E-state index contributed by atoms with van der Waals surface area (Å²) in [4.78, 5) is 24.6. The average molecular weight is 630 g/mol. The van der Waals surface area contributed by atoms with E-state index < -0.39 is 12.2 Å². The lowest BCUT2D eigenvalue weighted by Gasteiger charge is -2.46. The van der Waals surface area contributed by atoms with Crippen LogP contribution < -0.4 is 43.0 Å². The van der Waals surface area contributed by atoms with Gasteiger partial charge < -0.3 is 53.0 Å². The number of carbonyl (C=O) groups is 1. The summed E-state index contributed by atoms with van der Waals surface area (Å²) in [7, 11) is 2.92. The maximum absolute atomic E-state index is 13.1. The fourth-order valence-electron chi connectivity index (χ4n) is 5.66. The molecule has 3 aliphatic rings. The molecule has 15 nitrogen and oxygen atoms in total. The van der Waals surface area contributed by atoms with Crippen LogP contribution in [0.3, 0.4) is 0 Å². The Kier molecular flexibility index (Phi) is 9.62. The molecule has 3 heterocycles. The van der Waals surface area contributed by atoms with Crippen molar-refractivity contribution in [3.63, 3.8) is 0 Å². The van der Waals surface area contributed by atoms with E-state index in [1.54, 1.807) is 18.5 Å². The van der Waals surface area contributed by atoms with E-state index >= 15 is 0 Å². The zero-order chi connectivity index (χ0) is 31.5. The fourth-order valence-corrected chi connectivity index (χ4v) is 5.89. The van der Waals surface area contributed by atoms with Gasteiger partial charge >= 0.3 is 0 Å². The molecule has 1 unspecified atom stereocenters. The van der Waals surface area contributed by atoms with Crippen LogP contribution in [0.25, 0.3) is 0 Å². The maximum Gasteiger partial charge on any atom is 0.259 e. The molecule has 0 radical (unpaired) electrons. The van der Waals surface area contributed by atoms with E-state index in [1.165, 1.54) is 32.4 Å². The second-order valence-electron chi connectivity index (χ2n) is 11.2. The summed E-state index contributed by atoms with van der Waals surface area (Å²) in [5.74, 6) is 0.514. The normalized spacial score (nSPS) is 25.8. The summed E-state index contributed by atoms with van der Waals surface area (Å²) in [5, 5.41) is 20.9. The number of nitrogens with one attached hydrogen (secondary N) is 2. The fraction of sp³-hybridized carbons (Fsp3) is 0.464. The van der Waals surface area contributed by atoms with Gasteiger partial charge in [0.15, 0.2) is 0 Å². The molecule has 5 atom stereocenters. The maximum atomic E-state index is 13.1. The summed E-state index contributed by atoms with van der Waals surface area (Å²) in [6.45, 7) is 2.33. The number of hydrogen-bond acceptors (Lipinski definition) is 14. The Morgan fingerprint density at radius 1 is 0.955 bits per heavy atom. The predicted octanol–water partition coefficient (Wildman–Crippen LogP) is 0.346. The topological polar surface area (TPSA) is 218 Å². The average Bonchev–Trinajstić information content (AvgIpc) is 2.96. The highest BCUT2D eigenvalue weighted by molar-refractivity contribution is 6.32. The van der Waals surface area contributed by atoms with Crippen LogP contribution in [0.2, 0.25) is 5.02 Å². The van der Waals surface area contributed by atoms with Gasteiger partial charge in [-0.15, -0.1) is 0 Å². The summed E-state index contributed by atoms with van der Waals surface area (Å²) < 4.78 is 10.6. The summed E-state index contributed by atoms with van der Waals surface area (Å²) in [6, 6.07) is 7.26. The predicted molar refractivity (Wildman–Crippen MR) is 170 cm³/mol. The number of phenolic OH excluding ortho intramolecular Hbond substituents is 1. The number of hydrazine groups is 1. The summed E-state index contributed by atoms with van der Waals surface area (Å²) >= 11 is 6.17. The minimum atomic E-state index is -0.729. The van der Waals surface area contributed by atoms with E-state index in [1.807, 2.05) is 10.0 Å². The van der Waals surface area contributed by atoms with Gasteiger partial charge in [-0.05, 0) is 25.0 Å². The highest BCUT2D eigenvalue weighted by Gasteiger charge is 2.35. The van der Waals surface area contributed by atoms with Crippen molar-refractivity contribution >= 4 is 41.2 Å². The summed E-state index contributed by atoms with van der Waals surface area (Å²) in [6.07, 6.45) is 2.41. The Morgan fingerprint density at radius 2 is 1.59 bits per heavy atom. The summed E-state index contributed by atoms with van der Waals surface area (Å²) in [5.41, 5.74) is 26.0. The number of halogens is 1. The molecule has 0 aromatic heterocycles. The van der Waals surface area contributed by atoms with E-state index in [2.05, 4.69) is 20.5 Å². The largest absolute Gasteiger partial charge is 0.507 e. The van der Waals surface area contributed by atoms with Crippen LogP contribution in [0.5, 0.6) is 17.2 Å². The van der Waals surface area contributed by atoms with Crippen molar-refractivity contribution in [3.8, 4) is 17.2 Å². The number of methoxy groups -OCH3 is 2. The molecule has 2 aromatic rings. The number of nitrogens with two attached hydrogens (primary N) is 4. The lowest BCUT2D eigenvalue weighted by molar-refractivity contribution is 0.0522. The highest BCUT2D eigenvalue weighted by atomic mass is 35.5. The Bertz CT molecular complexity index is 1410. The molecule has 0 spiro atoms. The van der Waals surface area contributed by atoms with Gasteiger partial charge in [0.1, 0.15) is 23.6 Å². The molecule has 0 bridgehead atoms. The number of phenols is 1. The molecular weight excluding hydrogens is 590 g/mol. The van der Waals surface area contributed by atoms with Crippen molar-refractivity contribution in [1.82, 2.24) is 14.9 Å². The van der Waals surface area contributed by atoms with E-state index in [-0.39, 0.29) is 35.5 Å². The number of carbonyl (C=O) groups excluding carboxylic acids is 1. The molecule has 2 aromatic carbocycles. The van der Waals surface area contributed by atoms with Crippen LogP contribution in [0.4, 0.5) is 11.4 Å². The first-order valence-electron chi connectivity index (χ1n) is 14.3. The number of anilines is 2. The minimum absolute atomic E-state index is 0.0445. The molecule has 238 valence electrons. The van der Waals surface area contributed by atoms with E-state index in [0.717, 1.165) is 12.8 Å². The number of guanidine groups is 1. The molecule has 11 N–H and O–H groups in total. The van der Waals surface area contributed by atoms with Gasteiger partial charge in [0.25, 0.3) is 5.91 Å². The molecule has 3 aliphatic heterocycles. The number of benzene rings is 2. The number of aromatic hydroxyl groups is 1. The Labute approximate surface area is 260 Å². The molecule has 1 amide bonds. The van der Waals surface area contributed by atoms with Gasteiger partial charge in [0.2, 0.25) is 12.2 Å². The van der Waals surface area contributed by atoms with Crippen molar-refractivity contribution < 1.29 is 19.4 Å². The molecule has 0 saturated carbocycles. The van der Waals surface area contributed by atoms with Crippen molar-refractivity contribution in [2.75, 3.05) is 51.0 Å². The lowest BCUT2D eigenvalue weighted by atomic mass is 10.0. The van der Waals surface area contributed by atoms with Gasteiger partial charge in [-0.3, -0.25) is 4.79 Å². The number of nitrogens with zero attached hydrogens (tertiary/aromatic N) is 5. The van der Waals surface area contributed by atoms with Crippen LogP contribution in [0.1, 0.15) is 23.2 Å². The number of piperidine rings is 2. The Balaban J connectivity index is 1.34. The van der Waals surface area contributed by atoms with Crippen LogP contribution >= 0.6 is 11.6 Å². The standard InChI is InChI=1S/C28H40ClN11O4/c1-43-24-9-22(25(44-2)8-21(24)29)36-26(42)20-4-3-19(7-23(20)41)35-27-34-14-40(39-12-17(32)6-18(33)13-39)28(37-27)38-10-15(30)5-16(31)11-38/h3-4,7-9,14-18,27,35,41H,5-6,10-13,30-33H2,1-2H3,(H,36,42)/t15-,16+,17-,18+,27?. The van der Waals surface area contributed by atoms with Crippen molar-refractivity contribution in [2.24, 2.45) is 32.9 Å². The molecule has 44 heavy (non-hydrogen) atoms. The van der Waals surface area contributed by atoms with Crippen molar-refractivity contribution in [2.45, 2.75) is 43.3 Å². The number of rotatable bonds is 7. The van der Waals surface area contributed by atoms with Crippen LogP contribution in [0, 0.1) is 0 Å². The second-order valence-corrected chi connectivity index (χ2v) is 11.6. The van der Waals surface area contributed by atoms with E-state index in [0.29, 0.717) is 60.0 Å². The number of likely N-dealkylation sites (tertiary alicyclic amines) is 1. The van der Waals surface area contributed by atoms with Gasteiger partial charge in [-0.1, -0.05) is 11.6 Å². The highest BCUT2D eigenvalue weighted by Crippen LogP contribution is 2.36. The number of amides is 1. The van der Waals surface area contributed by atoms with Gasteiger partial charge in [0.05, 0.1) is 30.5 Å². The van der Waals surface area contributed by atoms with E-state index in [9.17, 15) is 9.90 Å². The van der Waals surface area contributed by atoms with Gasteiger partial charge in [0, 0.05) is 74.2 Å². The third-order valence-corrected chi connectivity index (χ3v) is 7.91. The number of aliphatic imine (C=N–C) groups is 2. The Morgan fingerprint density at radius 3 is 2.20 bits per heavy atom. The monoisotopic (exact) mass is 629 g/mol. The smallest absolute Gasteiger partial charge is 0.259 e. The zero-order valence-electron chi connectivity index (χ0n) is 24.7. The molecule has 5 rings (SSSR count). The number of hydrogen-bond donors (Lipinski definition) is 7. The van der Waals surface area contributed by atoms with Crippen molar-refractivity contribution in [3.05, 3.63) is 40.9 Å². The molecule has 2 fully saturated rings. The first kappa shape index (κ1) is 31.6. The molecule has 0 aliphatic carbocycles. The first-order valence-corrected chi connectivity index (χ1v) is 14.7. The third kappa shape index (κ3) is 7.09. The SMILES string of the molecule is COc1cc(NC(=O)c2ccc(NC3N=CN(N4C[C@H](N)C[C@H](N)C4)C(N4C[C@H](N)C[C@H](N)C4)=N3)cc2O)c(OC)cc1Cl. The minimum Gasteiger partial charge on any atom is -0.507 e. The third-order valence-electron chi connectivity index (χ3n) is 7.62. The van der Waals surface area contributed by atoms with Gasteiger partial charge in [-0.2, -0.15) is 0 Å².